The van der Waals surface area contributed by atoms with Crippen LogP contribution in [0.15, 0.2) is 11.0 Å². The molecule has 0 nitrogen and oxygen atoms in total. The van der Waals surface area contributed by atoms with Crippen LogP contribution in [-0.4, -0.2) is 11.9 Å². The highest BCUT2D eigenvalue weighted by Crippen LogP contribution is 2.37. The molecule has 10 heavy (non-hydrogen) atoms. The topological polar surface area (TPSA) is 0 Å². The minimum absolute atomic E-state index is 0.418. The first-order valence-electron chi connectivity index (χ1n) is 3.01. The monoisotopic (exact) mass is 168 g/mol. The van der Waals surface area contributed by atoms with Gasteiger partial charge in [0.1, 0.15) is 0 Å². The third-order valence-electron chi connectivity index (χ3n) is 1.22. The van der Waals surface area contributed by atoms with Crippen LogP contribution in [0.1, 0.15) is 12.8 Å². The van der Waals surface area contributed by atoms with Crippen LogP contribution in [0.2, 0.25) is 0 Å². The average molecular weight is 168 g/mol. The van der Waals surface area contributed by atoms with Gasteiger partial charge in [0.05, 0.1) is 4.91 Å². The minimum Gasteiger partial charge on any atom is -0.166 e. The lowest BCUT2D eigenvalue weighted by Gasteiger charge is -2.14. The molecule has 0 aliphatic carbocycles. The molecule has 58 valence electrons. The smallest absolute Gasteiger partial charge is 0.166 e. The van der Waals surface area contributed by atoms with Crippen molar-refractivity contribution in [3.63, 3.8) is 0 Å². The molecule has 0 unspecified atom stereocenters. The van der Waals surface area contributed by atoms with E-state index in [1.807, 2.05) is 0 Å². The molecule has 0 aromatic heterocycles. The largest absolute Gasteiger partial charge is 0.421 e. The van der Waals surface area contributed by atoms with Crippen molar-refractivity contribution in [1.29, 1.82) is 0 Å². The summed E-state index contributed by atoms with van der Waals surface area (Å²) in [6, 6.07) is 0. The van der Waals surface area contributed by atoms with E-state index in [1.165, 1.54) is 6.08 Å². The van der Waals surface area contributed by atoms with Gasteiger partial charge in [0.2, 0.25) is 0 Å². The van der Waals surface area contributed by atoms with Crippen molar-refractivity contribution in [3.05, 3.63) is 11.0 Å². The average Bonchev–Trinajstić information content (AvgIpc) is 1.88. The molecule has 0 bridgehead atoms. The first-order valence-corrected chi connectivity index (χ1v) is 3.99. The fraction of sp³-hybridized carbons (Fsp3) is 0.667. The van der Waals surface area contributed by atoms with E-state index >= 15 is 0 Å². The molecule has 0 N–H and O–H groups in total. The van der Waals surface area contributed by atoms with Gasteiger partial charge in [0.15, 0.2) is 0 Å². The molecule has 0 saturated carbocycles. The second kappa shape index (κ2) is 2.86. The van der Waals surface area contributed by atoms with Crippen molar-refractivity contribution < 1.29 is 13.2 Å². The Kier molecular flexibility index (Phi) is 2.28. The first-order chi connectivity index (χ1) is 4.61. The third-order valence-corrected chi connectivity index (χ3v) is 2.42. The summed E-state index contributed by atoms with van der Waals surface area (Å²) in [5.41, 5.74) is 0. The quantitative estimate of drug-likeness (QED) is 0.535. The summed E-state index contributed by atoms with van der Waals surface area (Å²) in [6.45, 7) is 0. The summed E-state index contributed by atoms with van der Waals surface area (Å²) in [6.07, 6.45) is -1.40. The van der Waals surface area contributed by atoms with Crippen LogP contribution >= 0.6 is 11.8 Å². The Balaban J connectivity index is 2.62. The SMILES string of the molecule is FC(F)(F)C1=CCCCS1. The van der Waals surface area contributed by atoms with Crippen molar-refractivity contribution in [2.75, 3.05) is 5.75 Å². The van der Waals surface area contributed by atoms with Crippen molar-refractivity contribution in [3.8, 4) is 0 Å². The van der Waals surface area contributed by atoms with Crippen molar-refractivity contribution >= 4 is 11.8 Å². The fourth-order valence-corrected chi connectivity index (χ4v) is 1.69. The van der Waals surface area contributed by atoms with Crippen molar-refractivity contribution in [2.24, 2.45) is 0 Å². The molecule has 1 heterocycles. The van der Waals surface area contributed by atoms with Gasteiger partial charge in [-0.25, -0.2) is 0 Å². The Hall–Kier alpha value is -0.120. The Morgan fingerprint density at radius 2 is 2.10 bits per heavy atom. The highest BCUT2D eigenvalue weighted by Gasteiger charge is 2.34. The fourth-order valence-electron chi connectivity index (χ4n) is 0.755. The second-order valence-electron chi connectivity index (χ2n) is 2.06. The van der Waals surface area contributed by atoms with E-state index < -0.39 is 11.1 Å². The van der Waals surface area contributed by atoms with Crippen molar-refractivity contribution in [1.82, 2.24) is 0 Å². The van der Waals surface area contributed by atoms with Gasteiger partial charge in [0.25, 0.3) is 0 Å². The van der Waals surface area contributed by atoms with Gasteiger partial charge < -0.3 is 0 Å². The van der Waals surface area contributed by atoms with Crippen LogP contribution in [0, 0.1) is 0 Å². The molecule has 0 radical (unpaired) electrons. The van der Waals surface area contributed by atoms with Crippen molar-refractivity contribution in [2.45, 2.75) is 19.0 Å². The normalized spacial score (nSPS) is 20.5. The molecule has 0 saturated heterocycles. The molecular weight excluding hydrogens is 161 g/mol. The predicted molar refractivity (Wildman–Crippen MR) is 35.8 cm³/mol. The van der Waals surface area contributed by atoms with Gasteiger partial charge >= 0.3 is 6.18 Å². The summed E-state index contributed by atoms with van der Waals surface area (Å²) in [4.78, 5) is -0.418. The van der Waals surface area contributed by atoms with Crippen LogP contribution < -0.4 is 0 Å². The Morgan fingerprint density at radius 1 is 1.40 bits per heavy atom. The molecule has 1 aliphatic heterocycles. The summed E-state index contributed by atoms with van der Waals surface area (Å²) in [5.74, 6) is 0.603. The summed E-state index contributed by atoms with van der Waals surface area (Å²) in [5, 5.41) is 0. The van der Waals surface area contributed by atoms with E-state index in [2.05, 4.69) is 0 Å². The first kappa shape index (κ1) is 7.98. The van der Waals surface area contributed by atoms with Crippen LogP contribution in [0.3, 0.4) is 0 Å². The highest BCUT2D eigenvalue weighted by molar-refractivity contribution is 8.03. The second-order valence-corrected chi connectivity index (χ2v) is 3.19. The van der Waals surface area contributed by atoms with Gasteiger partial charge in [-0.2, -0.15) is 13.2 Å². The van der Waals surface area contributed by atoms with Gasteiger partial charge in [-0.1, -0.05) is 6.08 Å². The molecule has 0 atom stereocenters. The molecule has 0 fully saturated rings. The van der Waals surface area contributed by atoms with Crippen LogP contribution in [0.4, 0.5) is 13.2 Å². The lowest BCUT2D eigenvalue weighted by atomic mass is 10.3. The molecular formula is C6H7F3S. The molecule has 0 amide bonds. The molecule has 1 rings (SSSR count). The van der Waals surface area contributed by atoms with Gasteiger partial charge in [-0.15, -0.1) is 11.8 Å². The lowest BCUT2D eigenvalue weighted by molar-refractivity contribution is -0.0839. The maximum absolute atomic E-state index is 11.9. The van der Waals surface area contributed by atoms with E-state index in [4.69, 9.17) is 0 Å². The van der Waals surface area contributed by atoms with E-state index in [-0.39, 0.29) is 0 Å². The highest BCUT2D eigenvalue weighted by atomic mass is 32.2. The molecule has 0 aromatic rings. The number of allylic oxidation sites excluding steroid dienone is 2. The number of hydrogen-bond donors (Lipinski definition) is 0. The van der Waals surface area contributed by atoms with Crippen LogP contribution in [0.5, 0.6) is 0 Å². The lowest BCUT2D eigenvalue weighted by Crippen LogP contribution is -2.11. The minimum atomic E-state index is -4.11. The molecule has 1 aliphatic rings. The number of rotatable bonds is 0. The zero-order valence-corrected chi connectivity index (χ0v) is 6.06. The summed E-state index contributed by atoms with van der Waals surface area (Å²) >= 11 is 0.906. The van der Waals surface area contributed by atoms with Gasteiger partial charge in [-0.05, 0) is 18.6 Å². The van der Waals surface area contributed by atoms with Crippen LogP contribution in [-0.2, 0) is 0 Å². The Morgan fingerprint density at radius 3 is 2.40 bits per heavy atom. The number of hydrogen-bond acceptors (Lipinski definition) is 1. The van der Waals surface area contributed by atoms with E-state index in [0.29, 0.717) is 12.2 Å². The van der Waals surface area contributed by atoms with E-state index in [0.717, 1.165) is 18.2 Å². The third kappa shape index (κ3) is 1.94. The zero-order chi connectivity index (χ0) is 7.61. The standard InChI is InChI=1S/C6H7F3S/c7-6(8,9)5-3-1-2-4-10-5/h3H,1-2,4H2. The van der Waals surface area contributed by atoms with Gasteiger partial charge in [0, 0.05) is 0 Å². The van der Waals surface area contributed by atoms with E-state index in [1.54, 1.807) is 0 Å². The predicted octanol–water partition coefficient (Wildman–Crippen LogP) is 2.96. The van der Waals surface area contributed by atoms with Crippen LogP contribution in [0.25, 0.3) is 0 Å². The zero-order valence-electron chi connectivity index (χ0n) is 5.24. The number of thioether (sulfide) groups is 1. The Bertz CT molecular complexity index is 148. The maximum atomic E-state index is 11.9. The number of alkyl halides is 3. The molecule has 0 spiro atoms. The maximum Gasteiger partial charge on any atom is 0.421 e. The van der Waals surface area contributed by atoms with E-state index in [9.17, 15) is 13.2 Å². The van der Waals surface area contributed by atoms with Gasteiger partial charge in [-0.3, -0.25) is 0 Å². The summed E-state index contributed by atoms with van der Waals surface area (Å²) in [7, 11) is 0. The molecule has 4 heteroatoms. The number of halogens is 3. The molecule has 0 aromatic carbocycles. The Labute approximate surface area is 61.5 Å². The summed E-state index contributed by atoms with van der Waals surface area (Å²) < 4.78 is 35.6.